The lowest BCUT2D eigenvalue weighted by Crippen LogP contribution is -2.42. The Bertz CT molecular complexity index is 692. The first-order valence-electron chi connectivity index (χ1n) is 9.27. The van der Waals surface area contributed by atoms with Gasteiger partial charge in [-0.3, -0.25) is 0 Å². The van der Waals surface area contributed by atoms with Crippen LogP contribution in [-0.4, -0.2) is 51.5 Å². The highest BCUT2D eigenvalue weighted by atomic mass is 32.2. The second-order valence-corrected chi connectivity index (χ2v) is 9.12. The molecule has 24 heavy (non-hydrogen) atoms. The first kappa shape index (κ1) is 16.4. The second-order valence-electron chi connectivity index (χ2n) is 7.18. The van der Waals surface area contributed by atoms with Crippen molar-refractivity contribution in [1.29, 1.82) is 0 Å². The van der Waals surface area contributed by atoms with Crippen LogP contribution < -0.4 is 10.2 Å². The fraction of sp³-hybridized carbons (Fsp3) is 0.667. The summed E-state index contributed by atoms with van der Waals surface area (Å²) in [5.74, 6) is 0. The minimum atomic E-state index is -3.34. The van der Waals surface area contributed by atoms with Crippen LogP contribution in [0.3, 0.4) is 0 Å². The van der Waals surface area contributed by atoms with Gasteiger partial charge in [-0.25, -0.2) is 8.42 Å². The zero-order valence-electron chi connectivity index (χ0n) is 14.2. The standard InChI is InChI=1S/C18H27N3O2S/c22-24(23,20-11-2-1-3-12-20)17-5-4-15-8-13-21(18(15)14-17)16-6-9-19-10-7-16/h4-5,14,16,19H,1-3,6-13H2. The molecule has 4 rings (SSSR count). The summed E-state index contributed by atoms with van der Waals surface area (Å²) in [6.07, 6.45) is 6.41. The van der Waals surface area contributed by atoms with E-state index in [2.05, 4.69) is 10.2 Å². The highest BCUT2D eigenvalue weighted by Gasteiger charge is 2.31. The SMILES string of the molecule is O=S(=O)(c1ccc2c(c1)N(C1CCNCC1)CC2)N1CCCCC1. The molecule has 0 aliphatic carbocycles. The van der Waals surface area contributed by atoms with Crippen molar-refractivity contribution in [3.8, 4) is 0 Å². The summed E-state index contributed by atoms with van der Waals surface area (Å²) in [7, 11) is -3.34. The molecular weight excluding hydrogens is 322 g/mol. The molecule has 2 fully saturated rings. The lowest BCUT2D eigenvalue weighted by atomic mass is 10.0. The monoisotopic (exact) mass is 349 g/mol. The summed E-state index contributed by atoms with van der Waals surface area (Å²) in [5, 5.41) is 3.41. The van der Waals surface area contributed by atoms with E-state index in [0.29, 0.717) is 24.0 Å². The average molecular weight is 350 g/mol. The van der Waals surface area contributed by atoms with Gasteiger partial charge in [0, 0.05) is 31.4 Å². The van der Waals surface area contributed by atoms with Crippen LogP contribution in [-0.2, 0) is 16.4 Å². The highest BCUT2D eigenvalue weighted by molar-refractivity contribution is 7.89. The van der Waals surface area contributed by atoms with Gasteiger partial charge in [0.05, 0.1) is 4.90 Å². The predicted octanol–water partition coefficient (Wildman–Crippen LogP) is 1.98. The molecule has 1 aromatic carbocycles. The van der Waals surface area contributed by atoms with E-state index in [4.69, 9.17) is 0 Å². The average Bonchev–Trinajstić information content (AvgIpc) is 3.06. The third-order valence-electron chi connectivity index (χ3n) is 5.69. The number of benzene rings is 1. The van der Waals surface area contributed by atoms with Crippen molar-refractivity contribution in [2.24, 2.45) is 0 Å². The number of sulfonamides is 1. The molecule has 1 aromatic rings. The zero-order chi connectivity index (χ0) is 16.6. The highest BCUT2D eigenvalue weighted by Crippen LogP contribution is 2.34. The molecule has 3 heterocycles. The Kier molecular flexibility index (Phi) is 4.54. The van der Waals surface area contributed by atoms with Crippen molar-refractivity contribution in [1.82, 2.24) is 9.62 Å². The largest absolute Gasteiger partial charge is 0.368 e. The van der Waals surface area contributed by atoms with E-state index < -0.39 is 10.0 Å². The third-order valence-corrected chi connectivity index (χ3v) is 7.59. The van der Waals surface area contributed by atoms with Crippen molar-refractivity contribution < 1.29 is 8.42 Å². The Hall–Kier alpha value is -1.11. The quantitative estimate of drug-likeness (QED) is 0.907. The lowest BCUT2D eigenvalue weighted by Gasteiger charge is -2.34. The summed E-state index contributed by atoms with van der Waals surface area (Å²) >= 11 is 0. The summed E-state index contributed by atoms with van der Waals surface area (Å²) in [4.78, 5) is 2.93. The molecule has 3 aliphatic rings. The van der Waals surface area contributed by atoms with Crippen LogP contribution in [0.1, 0.15) is 37.7 Å². The van der Waals surface area contributed by atoms with Crippen LogP contribution in [0.25, 0.3) is 0 Å². The molecule has 0 aromatic heterocycles. The lowest BCUT2D eigenvalue weighted by molar-refractivity contribution is 0.346. The van der Waals surface area contributed by atoms with E-state index >= 15 is 0 Å². The van der Waals surface area contributed by atoms with Crippen molar-refractivity contribution >= 4 is 15.7 Å². The first-order valence-corrected chi connectivity index (χ1v) is 10.7. The fourth-order valence-electron chi connectivity index (χ4n) is 4.30. The Labute approximate surface area is 145 Å². The maximum Gasteiger partial charge on any atom is 0.243 e. The van der Waals surface area contributed by atoms with Gasteiger partial charge < -0.3 is 10.2 Å². The summed E-state index contributed by atoms with van der Waals surface area (Å²) in [6, 6.07) is 6.33. The van der Waals surface area contributed by atoms with Gasteiger partial charge in [-0.2, -0.15) is 4.31 Å². The number of hydrogen-bond acceptors (Lipinski definition) is 4. The Morgan fingerprint density at radius 1 is 1.00 bits per heavy atom. The number of piperidine rings is 2. The molecule has 6 heteroatoms. The number of nitrogens with zero attached hydrogens (tertiary/aromatic N) is 2. The molecule has 2 saturated heterocycles. The topological polar surface area (TPSA) is 52.7 Å². The Morgan fingerprint density at radius 2 is 1.75 bits per heavy atom. The van der Waals surface area contributed by atoms with Gasteiger partial charge in [0.15, 0.2) is 0 Å². The van der Waals surface area contributed by atoms with Crippen LogP contribution in [0.4, 0.5) is 5.69 Å². The van der Waals surface area contributed by atoms with Crippen molar-refractivity contribution in [2.75, 3.05) is 37.6 Å². The molecule has 5 nitrogen and oxygen atoms in total. The van der Waals surface area contributed by atoms with E-state index in [1.165, 1.54) is 5.56 Å². The number of nitrogens with one attached hydrogen (secondary N) is 1. The van der Waals surface area contributed by atoms with Gasteiger partial charge >= 0.3 is 0 Å². The minimum absolute atomic E-state index is 0.476. The molecule has 1 N–H and O–H groups in total. The summed E-state index contributed by atoms with van der Waals surface area (Å²) < 4.78 is 27.6. The van der Waals surface area contributed by atoms with Crippen LogP contribution >= 0.6 is 0 Å². The molecule has 0 unspecified atom stereocenters. The number of fused-ring (bicyclic) bond motifs is 1. The van der Waals surface area contributed by atoms with E-state index in [1.807, 2.05) is 18.2 Å². The van der Waals surface area contributed by atoms with Crippen molar-refractivity contribution in [3.63, 3.8) is 0 Å². The first-order chi connectivity index (χ1) is 11.7. The van der Waals surface area contributed by atoms with Gasteiger partial charge in [-0.15, -0.1) is 0 Å². The van der Waals surface area contributed by atoms with Crippen LogP contribution in [0.2, 0.25) is 0 Å². The Morgan fingerprint density at radius 3 is 2.50 bits per heavy atom. The van der Waals surface area contributed by atoms with Gasteiger partial charge in [0.1, 0.15) is 0 Å². The van der Waals surface area contributed by atoms with Gasteiger partial charge in [0.25, 0.3) is 0 Å². The smallest absolute Gasteiger partial charge is 0.243 e. The van der Waals surface area contributed by atoms with Crippen LogP contribution in [0.5, 0.6) is 0 Å². The third kappa shape index (κ3) is 2.95. The van der Waals surface area contributed by atoms with Gasteiger partial charge in [0.2, 0.25) is 10.0 Å². The molecule has 3 aliphatic heterocycles. The normalized spacial score (nSPS) is 23.4. The predicted molar refractivity (Wildman–Crippen MR) is 96.0 cm³/mol. The number of anilines is 1. The molecule has 0 saturated carbocycles. The van der Waals surface area contributed by atoms with Crippen LogP contribution in [0.15, 0.2) is 23.1 Å². The molecule has 0 atom stereocenters. The van der Waals surface area contributed by atoms with Gasteiger partial charge in [-0.05, 0) is 62.9 Å². The molecule has 0 spiro atoms. The van der Waals surface area contributed by atoms with Crippen LogP contribution in [0, 0.1) is 0 Å². The summed E-state index contributed by atoms with van der Waals surface area (Å²) in [6.45, 7) is 4.46. The molecule has 0 bridgehead atoms. The maximum atomic E-state index is 13.0. The van der Waals surface area contributed by atoms with Gasteiger partial charge in [-0.1, -0.05) is 12.5 Å². The molecule has 132 valence electrons. The van der Waals surface area contributed by atoms with E-state index in [1.54, 1.807) is 4.31 Å². The maximum absolute atomic E-state index is 13.0. The summed E-state index contributed by atoms with van der Waals surface area (Å²) in [5.41, 5.74) is 2.45. The fourth-order valence-corrected chi connectivity index (χ4v) is 5.83. The van der Waals surface area contributed by atoms with Crippen molar-refractivity contribution in [3.05, 3.63) is 23.8 Å². The molecule has 0 radical (unpaired) electrons. The minimum Gasteiger partial charge on any atom is -0.368 e. The second kappa shape index (κ2) is 6.65. The Balaban J connectivity index is 1.62. The van der Waals surface area contributed by atoms with E-state index in [9.17, 15) is 8.42 Å². The van der Waals surface area contributed by atoms with Crippen molar-refractivity contribution in [2.45, 2.75) is 49.5 Å². The number of rotatable bonds is 3. The van der Waals surface area contributed by atoms with E-state index in [-0.39, 0.29) is 0 Å². The molecular formula is C18H27N3O2S. The molecule has 0 amide bonds. The van der Waals surface area contributed by atoms with E-state index in [0.717, 1.165) is 63.8 Å². The number of hydrogen-bond donors (Lipinski definition) is 1. The zero-order valence-corrected chi connectivity index (χ0v) is 15.0.